The maximum atomic E-state index is 14.6. The molecule has 9 heteroatoms. The highest BCUT2D eigenvalue weighted by molar-refractivity contribution is 5.90. The van der Waals surface area contributed by atoms with Crippen LogP contribution in [0, 0.1) is 11.6 Å². The number of amides is 1. The number of nitrogens with one attached hydrogen (secondary N) is 2. The number of benzene rings is 3. The molecule has 0 fully saturated rings. The van der Waals surface area contributed by atoms with E-state index in [0.717, 1.165) is 35.0 Å². The Balaban J connectivity index is 1.59. The van der Waals surface area contributed by atoms with Gasteiger partial charge in [-0.2, -0.15) is 5.10 Å². The Hall–Kier alpha value is -4.53. The van der Waals surface area contributed by atoms with Gasteiger partial charge in [0, 0.05) is 36.5 Å². The van der Waals surface area contributed by atoms with E-state index < -0.39 is 11.6 Å². The maximum absolute atomic E-state index is 14.6. The highest BCUT2D eigenvalue weighted by Gasteiger charge is 2.13. The normalized spacial score (nSPS) is 11.1. The summed E-state index contributed by atoms with van der Waals surface area (Å²) in [5, 5.41) is 10.4. The van der Waals surface area contributed by atoms with Gasteiger partial charge >= 0.3 is 0 Å². The standard InChI is InChI=1S/C26H22F2N6O/c1-3-29-20-13-31-34(14-20)21-5-7-26-25(12-21)30-15-33(26)22-9-17(8-19(11-22)32-16(2)35)23-6-4-18(27)10-24(23)28/h4-15,29H,3H2,1-2H3,(H,32,35). The molecular weight excluding hydrogens is 450 g/mol. The van der Waals surface area contributed by atoms with Gasteiger partial charge in [-0.05, 0) is 61.0 Å². The van der Waals surface area contributed by atoms with Crippen LogP contribution in [-0.4, -0.2) is 31.8 Å². The fraction of sp³-hybridized carbons (Fsp3) is 0.115. The van der Waals surface area contributed by atoms with Gasteiger partial charge in [0.15, 0.2) is 0 Å². The summed E-state index contributed by atoms with van der Waals surface area (Å²) in [6.07, 6.45) is 5.33. The van der Waals surface area contributed by atoms with Gasteiger partial charge in [-0.25, -0.2) is 18.4 Å². The van der Waals surface area contributed by atoms with E-state index >= 15 is 0 Å². The third-order valence-corrected chi connectivity index (χ3v) is 5.52. The van der Waals surface area contributed by atoms with Crippen LogP contribution in [0.15, 0.2) is 73.3 Å². The number of hydrogen-bond donors (Lipinski definition) is 2. The molecule has 176 valence electrons. The number of halogens is 2. The summed E-state index contributed by atoms with van der Waals surface area (Å²) in [5.41, 5.74) is 5.21. The lowest BCUT2D eigenvalue weighted by molar-refractivity contribution is -0.114. The third-order valence-electron chi connectivity index (χ3n) is 5.52. The highest BCUT2D eigenvalue weighted by Crippen LogP contribution is 2.31. The Morgan fingerprint density at radius 1 is 1.00 bits per heavy atom. The number of aromatic nitrogens is 4. The van der Waals surface area contributed by atoms with E-state index in [-0.39, 0.29) is 11.5 Å². The number of rotatable bonds is 6. The van der Waals surface area contributed by atoms with Crippen LogP contribution in [0.2, 0.25) is 0 Å². The molecule has 5 aromatic rings. The van der Waals surface area contributed by atoms with E-state index in [9.17, 15) is 13.6 Å². The monoisotopic (exact) mass is 472 g/mol. The Kier molecular flexibility index (Phi) is 5.74. The van der Waals surface area contributed by atoms with Gasteiger partial charge < -0.3 is 10.6 Å². The minimum absolute atomic E-state index is 0.224. The first-order valence-electron chi connectivity index (χ1n) is 11.1. The summed E-state index contributed by atoms with van der Waals surface area (Å²) in [6, 6.07) is 14.4. The minimum Gasteiger partial charge on any atom is -0.383 e. The van der Waals surface area contributed by atoms with Crippen LogP contribution in [-0.2, 0) is 4.79 Å². The van der Waals surface area contributed by atoms with Crippen molar-refractivity contribution in [3.8, 4) is 22.5 Å². The number of hydrogen-bond acceptors (Lipinski definition) is 4. The molecule has 0 bridgehead atoms. The fourth-order valence-corrected chi connectivity index (χ4v) is 4.01. The van der Waals surface area contributed by atoms with Crippen molar-refractivity contribution >= 4 is 28.3 Å². The number of nitrogens with zero attached hydrogens (tertiary/aromatic N) is 4. The Morgan fingerprint density at radius 3 is 2.63 bits per heavy atom. The molecule has 3 aromatic carbocycles. The molecule has 5 rings (SSSR count). The summed E-state index contributed by atoms with van der Waals surface area (Å²) in [6.45, 7) is 4.22. The Bertz CT molecular complexity index is 1560. The topological polar surface area (TPSA) is 76.8 Å². The van der Waals surface area contributed by atoms with Crippen molar-refractivity contribution in [3.05, 3.63) is 85.0 Å². The lowest BCUT2D eigenvalue weighted by Crippen LogP contribution is -2.07. The zero-order valence-electron chi connectivity index (χ0n) is 19.1. The average Bonchev–Trinajstić information content (AvgIpc) is 3.45. The molecule has 0 spiro atoms. The van der Waals surface area contributed by atoms with Crippen LogP contribution >= 0.6 is 0 Å². The molecule has 1 amide bonds. The molecule has 7 nitrogen and oxygen atoms in total. The lowest BCUT2D eigenvalue weighted by atomic mass is 10.0. The van der Waals surface area contributed by atoms with Crippen LogP contribution in [0.4, 0.5) is 20.2 Å². The van der Waals surface area contributed by atoms with Gasteiger partial charge in [-0.1, -0.05) is 0 Å². The molecule has 2 N–H and O–H groups in total. The number of carbonyl (C=O) groups excluding carboxylic acids is 1. The smallest absolute Gasteiger partial charge is 0.221 e. The first-order chi connectivity index (χ1) is 16.9. The first-order valence-corrected chi connectivity index (χ1v) is 11.1. The van der Waals surface area contributed by atoms with Crippen LogP contribution in [0.25, 0.3) is 33.5 Å². The number of carbonyl (C=O) groups is 1. The van der Waals surface area contributed by atoms with Gasteiger partial charge in [0.05, 0.1) is 34.8 Å². The molecule has 0 radical (unpaired) electrons. The SMILES string of the molecule is CCNc1cnn(-c2ccc3c(c2)ncn3-c2cc(NC(C)=O)cc(-c3ccc(F)cc3F)c2)c1. The number of fused-ring (bicyclic) bond motifs is 1. The molecule has 0 saturated carbocycles. The molecule has 2 heterocycles. The van der Waals surface area contributed by atoms with Crippen molar-refractivity contribution in [3.63, 3.8) is 0 Å². The Morgan fingerprint density at radius 2 is 1.86 bits per heavy atom. The second-order valence-electron chi connectivity index (χ2n) is 8.07. The van der Waals surface area contributed by atoms with Gasteiger partial charge in [0.1, 0.15) is 18.0 Å². The van der Waals surface area contributed by atoms with Crippen molar-refractivity contribution in [1.29, 1.82) is 0 Å². The van der Waals surface area contributed by atoms with E-state index in [1.165, 1.54) is 19.1 Å². The molecule has 35 heavy (non-hydrogen) atoms. The second kappa shape index (κ2) is 9.02. The number of imidazole rings is 1. The second-order valence-corrected chi connectivity index (χ2v) is 8.07. The van der Waals surface area contributed by atoms with E-state index in [4.69, 9.17) is 0 Å². The van der Waals surface area contributed by atoms with Gasteiger partial charge in [0.25, 0.3) is 0 Å². The molecule has 0 aliphatic heterocycles. The zero-order chi connectivity index (χ0) is 24.5. The average molecular weight is 472 g/mol. The summed E-state index contributed by atoms with van der Waals surface area (Å²) in [4.78, 5) is 16.3. The third kappa shape index (κ3) is 4.48. The maximum Gasteiger partial charge on any atom is 0.221 e. The van der Waals surface area contributed by atoms with Crippen molar-refractivity contribution in [2.24, 2.45) is 0 Å². The van der Waals surface area contributed by atoms with Crippen molar-refractivity contribution in [2.45, 2.75) is 13.8 Å². The van der Waals surface area contributed by atoms with E-state index in [0.29, 0.717) is 16.9 Å². The fourth-order valence-electron chi connectivity index (χ4n) is 4.01. The quantitative estimate of drug-likeness (QED) is 0.340. The molecule has 0 unspecified atom stereocenters. The van der Waals surface area contributed by atoms with Gasteiger partial charge in [0.2, 0.25) is 5.91 Å². The molecule has 0 aliphatic rings. The summed E-state index contributed by atoms with van der Waals surface area (Å²) in [5.74, 6) is -1.60. The summed E-state index contributed by atoms with van der Waals surface area (Å²) >= 11 is 0. The van der Waals surface area contributed by atoms with Gasteiger partial charge in [-0.3, -0.25) is 9.36 Å². The molecule has 0 saturated heterocycles. The number of anilines is 2. The first kappa shape index (κ1) is 22.3. The van der Waals surface area contributed by atoms with E-state index in [1.54, 1.807) is 35.4 Å². The minimum atomic E-state index is -0.688. The van der Waals surface area contributed by atoms with Crippen molar-refractivity contribution < 1.29 is 13.6 Å². The zero-order valence-corrected chi connectivity index (χ0v) is 19.1. The molecule has 2 aromatic heterocycles. The van der Waals surface area contributed by atoms with Crippen molar-refractivity contribution in [1.82, 2.24) is 19.3 Å². The Labute approximate surface area is 200 Å². The molecular formula is C26H22F2N6O. The largest absolute Gasteiger partial charge is 0.383 e. The van der Waals surface area contributed by atoms with Crippen LogP contribution in [0.1, 0.15) is 13.8 Å². The highest BCUT2D eigenvalue weighted by atomic mass is 19.1. The summed E-state index contributed by atoms with van der Waals surface area (Å²) in [7, 11) is 0. The van der Waals surface area contributed by atoms with Crippen LogP contribution < -0.4 is 10.6 Å². The van der Waals surface area contributed by atoms with E-state index in [2.05, 4.69) is 20.7 Å². The predicted octanol–water partition coefficient (Wildman–Crippen LogP) is 5.55. The van der Waals surface area contributed by atoms with Crippen LogP contribution in [0.3, 0.4) is 0 Å². The predicted molar refractivity (Wildman–Crippen MR) is 132 cm³/mol. The van der Waals surface area contributed by atoms with Crippen LogP contribution in [0.5, 0.6) is 0 Å². The van der Waals surface area contributed by atoms with E-state index in [1.807, 2.05) is 35.9 Å². The molecule has 0 aliphatic carbocycles. The van der Waals surface area contributed by atoms with Gasteiger partial charge in [-0.15, -0.1) is 0 Å². The lowest BCUT2D eigenvalue weighted by Gasteiger charge is -2.13. The summed E-state index contributed by atoms with van der Waals surface area (Å²) < 4.78 is 31.6. The molecule has 0 atom stereocenters. The van der Waals surface area contributed by atoms with Crippen molar-refractivity contribution in [2.75, 3.05) is 17.2 Å².